The molecule has 0 fully saturated rings. The molecule has 4 rings (SSSR count). The summed E-state index contributed by atoms with van der Waals surface area (Å²) >= 11 is 0. The van der Waals surface area contributed by atoms with Crippen LogP contribution in [0.3, 0.4) is 0 Å². The Kier molecular flexibility index (Phi) is 4.75. The van der Waals surface area contributed by atoms with Crippen LogP contribution >= 0.6 is 0 Å². The minimum atomic E-state index is -4.89. The second-order valence-electron chi connectivity index (χ2n) is 6.98. The fourth-order valence-corrected chi connectivity index (χ4v) is 3.70. The van der Waals surface area contributed by atoms with E-state index in [-0.39, 0.29) is 16.8 Å². The van der Waals surface area contributed by atoms with Crippen LogP contribution in [-0.2, 0) is 0 Å². The number of hydrogen-bond acceptors (Lipinski definition) is 4. The Labute approximate surface area is 173 Å². The molecule has 1 aliphatic rings. The van der Waals surface area contributed by atoms with Crippen molar-refractivity contribution in [1.82, 2.24) is 15.5 Å². The van der Waals surface area contributed by atoms with Gasteiger partial charge in [0.05, 0.1) is 46.1 Å². The summed E-state index contributed by atoms with van der Waals surface area (Å²) in [6.45, 7) is 1.73. The summed E-state index contributed by atoms with van der Waals surface area (Å²) in [7, 11) is 0. The Balaban J connectivity index is 2.03. The van der Waals surface area contributed by atoms with Crippen molar-refractivity contribution in [2.45, 2.75) is 19.0 Å². The van der Waals surface area contributed by atoms with E-state index in [2.05, 4.69) is 15.5 Å². The lowest BCUT2D eigenvalue weighted by molar-refractivity contribution is -0.0962. The normalized spacial score (nSPS) is 16.8. The first-order valence-corrected chi connectivity index (χ1v) is 9.08. The molecule has 0 bridgehead atoms. The molecule has 0 aliphatic carbocycles. The molecule has 0 spiro atoms. The molecule has 1 unspecified atom stereocenters. The molecule has 2 N–H and O–H groups in total. The van der Waals surface area contributed by atoms with Gasteiger partial charge in [-0.25, -0.2) is 4.39 Å². The quantitative estimate of drug-likeness (QED) is 0.570. The lowest BCUT2D eigenvalue weighted by Gasteiger charge is -2.30. The van der Waals surface area contributed by atoms with Gasteiger partial charge in [-0.15, -0.1) is 0 Å². The molecule has 154 valence electrons. The Bertz CT molecular complexity index is 1350. The zero-order valence-corrected chi connectivity index (χ0v) is 16.0. The summed E-state index contributed by atoms with van der Waals surface area (Å²) in [4.78, 5) is 0. The van der Waals surface area contributed by atoms with Crippen LogP contribution in [0.2, 0.25) is 0 Å². The molecule has 2 aromatic carbocycles. The highest BCUT2D eigenvalue weighted by molar-refractivity contribution is 5.84. The van der Waals surface area contributed by atoms with Gasteiger partial charge in [0.1, 0.15) is 11.5 Å². The van der Waals surface area contributed by atoms with E-state index in [1.807, 2.05) is 6.07 Å². The van der Waals surface area contributed by atoms with Crippen LogP contribution in [-0.4, -0.2) is 16.4 Å². The van der Waals surface area contributed by atoms with Gasteiger partial charge < -0.3 is 5.32 Å². The maximum absolute atomic E-state index is 13.9. The lowest BCUT2D eigenvalue weighted by Crippen LogP contribution is -2.33. The van der Waals surface area contributed by atoms with Crippen LogP contribution in [0.4, 0.5) is 17.6 Å². The number of aryl methyl sites for hydroxylation is 1. The van der Waals surface area contributed by atoms with Crippen LogP contribution in [0.25, 0.3) is 16.6 Å². The minimum absolute atomic E-state index is 0.0702. The summed E-state index contributed by atoms with van der Waals surface area (Å²) in [6, 6.07) is 13.3. The number of aromatic amines is 1. The number of rotatable bonds is 2. The zero-order valence-electron chi connectivity index (χ0n) is 16.0. The Hall–Kier alpha value is -4.11. The number of H-pyrrole nitrogens is 1. The largest absolute Gasteiger partial charge is 0.432 e. The molecule has 0 saturated carbocycles. The third-order valence-corrected chi connectivity index (χ3v) is 5.11. The third-order valence-electron chi connectivity index (χ3n) is 5.11. The van der Waals surface area contributed by atoms with Crippen molar-refractivity contribution in [2.75, 3.05) is 0 Å². The molecule has 2 heterocycles. The highest BCUT2D eigenvalue weighted by Crippen LogP contribution is 2.44. The average molecular weight is 423 g/mol. The van der Waals surface area contributed by atoms with Crippen molar-refractivity contribution < 1.29 is 17.6 Å². The van der Waals surface area contributed by atoms with Crippen molar-refractivity contribution >= 4 is 16.6 Å². The first-order chi connectivity index (χ1) is 14.7. The first kappa shape index (κ1) is 20.2. The number of allylic oxidation sites excluding steroid dienone is 3. The van der Waals surface area contributed by atoms with Crippen LogP contribution < -0.4 is 5.32 Å². The van der Waals surface area contributed by atoms with E-state index in [4.69, 9.17) is 0 Å². The van der Waals surface area contributed by atoms with Gasteiger partial charge in [0.15, 0.2) is 0 Å². The molecule has 5 nitrogen and oxygen atoms in total. The molecule has 0 radical (unpaired) electrons. The number of nitrogens with one attached hydrogen (secondary N) is 2. The van der Waals surface area contributed by atoms with E-state index in [0.29, 0.717) is 22.2 Å². The number of hydrogen-bond donors (Lipinski definition) is 2. The van der Waals surface area contributed by atoms with Gasteiger partial charge in [0.25, 0.3) is 0 Å². The number of dihydropyridines is 1. The van der Waals surface area contributed by atoms with Crippen molar-refractivity contribution in [1.29, 1.82) is 10.5 Å². The number of alkyl halides is 3. The van der Waals surface area contributed by atoms with Gasteiger partial charge >= 0.3 is 6.18 Å². The smallest absolute Gasteiger partial charge is 0.349 e. The minimum Gasteiger partial charge on any atom is -0.349 e. The second kappa shape index (κ2) is 7.29. The van der Waals surface area contributed by atoms with Gasteiger partial charge in [-0.3, -0.25) is 5.10 Å². The van der Waals surface area contributed by atoms with Gasteiger partial charge in [-0.2, -0.15) is 28.8 Å². The number of aromatic nitrogens is 2. The number of fused-ring (bicyclic) bond motifs is 1. The molecular formula is C22H13F4N5. The van der Waals surface area contributed by atoms with Gasteiger partial charge in [0, 0.05) is 10.9 Å². The monoisotopic (exact) mass is 423 g/mol. The topological polar surface area (TPSA) is 88.3 Å². The molecular weight excluding hydrogens is 410 g/mol. The van der Waals surface area contributed by atoms with Crippen molar-refractivity contribution in [3.63, 3.8) is 0 Å². The van der Waals surface area contributed by atoms with Gasteiger partial charge in [-0.1, -0.05) is 18.2 Å². The maximum atomic E-state index is 13.9. The summed E-state index contributed by atoms with van der Waals surface area (Å²) in [6.07, 6.45) is -4.89. The Morgan fingerprint density at radius 1 is 1.03 bits per heavy atom. The highest BCUT2D eigenvalue weighted by Gasteiger charge is 2.44. The molecule has 1 atom stereocenters. The molecule has 3 aromatic rings. The predicted molar refractivity (Wildman–Crippen MR) is 104 cm³/mol. The van der Waals surface area contributed by atoms with Crippen LogP contribution in [0.1, 0.15) is 22.7 Å². The van der Waals surface area contributed by atoms with E-state index in [1.54, 1.807) is 31.2 Å². The van der Waals surface area contributed by atoms with Gasteiger partial charge in [-0.05, 0) is 36.8 Å². The SMILES string of the molecule is Cc1n[nH]c2ccc(C3C(C#N)=C(c4cccc(F)c4)NC(C(F)(F)F)=C3C#N)cc12. The molecule has 0 amide bonds. The summed E-state index contributed by atoms with van der Waals surface area (Å²) in [5, 5.41) is 29.2. The predicted octanol–water partition coefficient (Wildman–Crippen LogP) is 4.97. The molecule has 9 heteroatoms. The first-order valence-electron chi connectivity index (χ1n) is 9.08. The highest BCUT2D eigenvalue weighted by atomic mass is 19.4. The number of halogens is 4. The van der Waals surface area contributed by atoms with E-state index < -0.39 is 29.2 Å². The molecule has 1 aliphatic heterocycles. The number of nitrogens with zero attached hydrogens (tertiary/aromatic N) is 3. The number of benzene rings is 2. The summed E-state index contributed by atoms with van der Waals surface area (Å²) in [5.41, 5.74) is -0.535. The van der Waals surface area contributed by atoms with E-state index in [1.165, 1.54) is 12.1 Å². The van der Waals surface area contributed by atoms with Crippen molar-refractivity contribution in [2.24, 2.45) is 0 Å². The third kappa shape index (κ3) is 3.40. The van der Waals surface area contributed by atoms with Crippen molar-refractivity contribution in [3.8, 4) is 12.1 Å². The number of nitriles is 2. The summed E-state index contributed by atoms with van der Waals surface area (Å²) in [5.74, 6) is -1.95. The Morgan fingerprint density at radius 3 is 2.42 bits per heavy atom. The molecule has 31 heavy (non-hydrogen) atoms. The van der Waals surface area contributed by atoms with Crippen LogP contribution in [0.15, 0.2) is 59.3 Å². The maximum Gasteiger partial charge on any atom is 0.432 e. The standard InChI is InChI=1S/C22H13F4N5/c1-11-15-8-12(5-6-18(15)31-30-11)19-16(9-27)20(13-3-2-4-14(23)7-13)29-21(17(19)10-28)22(24,25)26/h2-8,19,29H,1H3,(H,30,31). The van der Waals surface area contributed by atoms with E-state index >= 15 is 0 Å². The average Bonchev–Trinajstić information content (AvgIpc) is 3.11. The fraction of sp³-hybridized carbons (Fsp3) is 0.136. The van der Waals surface area contributed by atoms with E-state index in [9.17, 15) is 28.1 Å². The zero-order chi connectivity index (χ0) is 22.3. The lowest BCUT2D eigenvalue weighted by atomic mass is 9.79. The van der Waals surface area contributed by atoms with Crippen LogP contribution in [0, 0.1) is 35.4 Å². The molecule has 1 aromatic heterocycles. The van der Waals surface area contributed by atoms with Crippen molar-refractivity contribution in [3.05, 3.63) is 81.9 Å². The Morgan fingerprint density at radius 2 is 1.77 bits per heavy atom. The van der Waals surface area contributed by atoms with Gasteiger partial charge in [0.2, 0.25) is 0 Å². The second-order valence-corrected chi connectivity index (χ2v) is 6.98. The summed E-state index contributed by atoms with van der Waals surface area (Å²) < 4.78 is 55.4. The van der Waals surface area contributed by atoms with E-state index in [0.717, 1.165) is 12.1 Å². The van der Waals surface area contributed by atoms with Crippen LogP contribution in [0.5, 0.6) is 0 Å². The fourth-order valence-electron chi connectivity index (χ4n) is 3.70. The molecule has 0 saturated heterocycles.